The van der Waals surface area contributed by atoms with Crippen LogP contribution in [0.15, 0.2) is 120 Å². The SMILES string of the molecule is O=C(NC(=Nc1ccccc1)c1cccc(Oc2ccccc2)c1)c1ccccc1. The summed E-state index contributed by atoms with van der Waals surface area (Å²) < 4.78 is 5.94. The Labute approximate surface area is 175 Å². The number of aliphatic imine (C=N–C) groups is 1. The molecule has 146 valence electrons. The van der Waals surface area contributed by atoms with E-state index in [1.165, 1.54) is 0 Å². The molecular weight excluding hydrogens is 372 g/mol. The van der Waals surface area contributed by atoms with Crippen LogP contribution in [-0.2, 0) is 0 Å². The number of amidine groups is 1. The van der Waals surface area contributed by atoms with Crippen molar-refractivity contribution >= 4 is 17.4 Å². The average molecular weight is 392 g/mol. The zero-order valence-corrected chi connectivity index (χ0v) is 16.2. The topological polar surface area (TPSA) is 50.7 Å². The van der Waals surface area contributed by atoms with E-state index in [9.17, 15) is 4.79 Å². The molecule has 4 nitrogen and oxygen atoms in total. The third-order valence-electron chi connectivity index (χ3n) is 4.35. The van der Waals surface area contributed by atoms with E-state index in [1.54, 1.807) is 12.1 Å². The Balaban J connectivity index is 1.66. The van der Waals surface area contributed by atoms with Crippen LogP contribution in [0.3, 0.4) is 0 Å². The first-order valence-corrected chi connectivity index (χ1v) is 9.61. The van der Waals surface area contributed by atoms with Gasteiger partial charge in [-0.05, 0) is 48.5 Å². The van der Waals surface area contributed by atoms with E-state index < -0.39 is 0 Å². The summed E-state index contributed by atoms with van der Waals surface area (Å²) >= 11 is 0. The highest BCUT2D eigenvalue weighted by atomic mass is 16.5. The number of nitrogens with one attached hydrogen (secondary N) is 1. The number of hydrogen-bond acceptors (Lipinski definition) is 3. The first-order chi connectivity index (χ1) is 14.8. The summed E-state index contributed by atoms with van der Waals surface area (Å²) in [5.74, 6) is 1.63. The van der Waals surface area contributed by atoms with E-state index in [0.29, 0.717) is 17.1 Å². The van der Waals surface area contributed by atoms with E-state index in [1.807, 2.05) is 103 Å². The minimum absolute atomic E-state index is 0.223. The summed E-state index contributed by atoms with van der Waals surface area (Å²) in [6.45, 7) is 0. The van der Waals surface area contributed by atoms with Crippen LogP contribution in [0.5, 0.6) is 11.5 Å². The molecule has 4 rings (SSSR count). The van der Waals surface area contributed by atoms with Crippen molar-refractivity contribution in [2.75, 3.05) is 0 Å². The molecule has 4 aromatic carbocycles. The molecule has 0 saturated carbocycles. The molecule has 4 aromatic rings. The number of carbonyl (C=O) groups excluding carboxylic acids is 1. The first-order valence-electron chi connectivity index (χ1n) is 9.61. The molecular formula is C26H20N2O2. The fourth-order valence-corrected chi connectivity index (χ4v) is 2.90. The molecule has 0 atom stereocenters. The maximum absolute atomic E-state index is 12.8. The molecule has 1 N–H and O–H groups in total. The first kappa shape index (κ1) is 19.2. The molecule has 1 amide bonds. The van der Waals surface area contributed by atoms with E-state index in [0.717, 1.165) is 17.0 Å². The van der Waals surface area contributed by atoms with Crippen molar-refractivity contribution in [1.82, 2.24) is 5.32 Å². The van der Waals surface area contributed by atoms with Crippen LogP contribution in [-0.4, -0.2) is 11.7 Å². The van der Waals surface area contributed by atoms with Crippen LogP contribution in [0.4, 0.5) is 5.69 Å². The van der Waals surface area contributed by atoms with Gasteiger partial charge in [-0.2, -0.15) is 0 Å². The lowest BCUT2D eigenvalue weighted by molar-refractivity contribution is 0.0977. The lowest BCUT2D eigenvalue weighted by Gasteiger charge is -2.12. The van der Waals surface area contributed by atoms with Gasteiger partial charge in [-0.15, -0.1) is 0 Å². The molecule has 0 aliphatic carbocycles. The van der Waals surface area contributed by atoms with Crippen LogP contribution in [0.25, 0.3) is 0 Å². The second-order valence-corrected chi connectivity index (χ2v) is 6.56. The van der Waals surface area contributed by atoms with Crippen molar-refractivity contribution < 1.29 is 9.53 Å². The predicted octanol–water partition coefficient (Wildman–Crippen LogP) is 5.99. The highest BCUT2D eigenvalue weighted by molar-refractivity contribution is 6.13. The average Bonchev–Trinajstić information content (AvgIpc) is 2.81. The van der Waals surface area contributed by atoms with Crippen molar-refractivity contribution in [1.29, 1.82) is 0 Å². The molecule has 0 aromatic heterocycles. The molecule has 0 spiro atoms. The van der Waals surface area contributed by atoms with E-state index in [-0.39, 0.29) is 5.91 Å². The second kappa shape index (κ2) is 9.34. The van der Waals surface area contributed by atoms with Gasteiger partial charge >= 0.3 is 0 Å². The zero-order chi connectivity index (χ0) is 20.6. The summed E-state index contributed by atoms with van der Waals surface area (Å²) in [5, 5.41) is 2.94. The van der Waals surface area contributed by atoms with Gasteiger partial charge < -0.3 is 10.1 Å². The van der Waals surface area contributed by atoms with Crippen LogP contribution in [0, 0.1) is 0 Å². The normalized spacial score (nSPS) is 11.0. The quantitative estimate of drug-likeness (QED) is 0.335. The van der Waals surface area contributed by atoms with Crippen LogP contribution >= 0.6 is 0 Å². The summed E-state index contributed by atoms with van der Waals surface area (Å²) in [6.07, 6.45) is 0. The molecule has 0 bridgehead atoms. The van der Waals surface area contributed by atoms with Crippen molar-refractivity contribution in [2.45, 2.75) is 0 Å². The molecule has 0 aliphatic rings. The zero-order valence-electron chi connectivity index (χ0n) is 16.2. The number of hydrogen-bond donors (Lipinski definition) is 1. The van der Waals surface area contributed by atoms with Crippen molar-refractivity contribution in [3.63, 3.8) is 0 Å². The third-order valence-corrected chi connectivity index (χ3v) is 4.35. The molecule has 0 radical (unpaired) electrons. The van der Waals surface area contributed by atoms with Gasteiger partial charge in [0, 0.05) is 11.1 Å². The van der Waals surface area contributed by atoms with Crippen LogP contribution < -0.4 is 10.1 Å². The number of amides is 1. The number of nitrogens with zero attached hydrogens (tertiary/aromatic N) is 1. The predicted molar refractivity (Wildman–Crippen MR) is 120 cm³/mol. The lowest BCUT2D eigenvalue weighted by atomic mass is 10.1. The molecule has 4 heteroatoms. The Morgan fingerprint density at radius 3 is 1.90 bits per heavy atom. The summed E-state index contributed by atoms with van der Waals surface area (Å²) in [7, 11) is 0. The van der Waals surface area contributed by atoms with Gasteiger partial charge in [-0.25, -0.2) is 4.99 Å². The minimum atomic E-state index is -0.223. The van der Waals surface area contributed by atoms with Gasteiger partial charge in [0.15, 0.2) is 0 Å². The van der Waals surface area contributed by atoms with Crippen molar-refractivity contribution in [3.05, 3.63) is 126 Å². The van der Waals surface area contributed by atoms with Gasteiger partial charge in [-0.1, -0.05) is 66.7 Å². The lowest BCUT2D eigenvalue weighted by Crippen LogP contribution is -2.31. The van der Waals surface area contributed by atoms with E-state index in [4.69, 9.17) is 4.74 Å². The monoisotopic (exact) mass is 392 g/mol. The maximum Gasteiger partial charge on any atom is 0.256 e. The number of ether oxygens (including phenoxy) is 1. The Hall–Kier alpha value is -4.18. The van der Waals surface area contributed by atoms with E-state index in [2.05, 4.69) is 10.3 Å². The Morgan fingerprint density at radius 2 is 1.20 bits per heavy atom. The Bertz CT molecular complexity index is 1140. The fraction of sp³-hybridized carbons (Fsp3) is 0. The van der Waals surface area contributed by atoms with Crippen molar-refractivity contribution in [2.24, 2.45) is 4.99 Å². The largest absolute Gasteiger partial charge is 0.457 e. The van der Waals surface area contributed by atoms with Gasteiger partial charge in [0.1, 0.15) is 17.3 Å². The van der Waals surface area contributed by atoms with Crippen LogP contribution in [0.2, 0.25) is 0 Å². The Morgan fingerprint density at radius 1 is 0.633 bits per heavy atom. The standard InChI is InChI=1S/C26H20N2O2/c29-26(20-11-4-1-5-12-20)28-25(27-22-14-6-2-7-15-22)21-13-10-18-24(19-21)30-23-16-8-3-9-17-23/h1-19H,(H,27,28,29). The molecule has 0 saturated heterocycles. The van der Waals surface area contributed by atoms with Gasteiger partial charge in [0.2, 0.25) is 0 Å². The van der Waals surface area contributed by atoms with Crippen molar-refractivity contribution in [3.8, 4) is 11.5 Å². The highest BCUT2D eigenvalue weighted by Gasteiger charge is 2.12. The number of rotatable bonds is 5. The summed E-state index contributed by atoms with van der Waals surface area (Å²) in [6, 6.07) is 35.6. The second-order valence-electron chi connectivity index (χ2n) is 6.56. The Kier molecular flexibility index (Phi) is 5.97. The molecule has 0 heterocycles. The summed E-state index contributed by atoms with van der Waals surface area (Å²) in [4.78, 5) is 17.4. The maximum atomic E-state index is 12.8. The van der Waals surface area contributed by atoms with Gasteiger partial charge in [0.05, 0.1) is 5.69 Å². The number of para-hydroxylation sites is 2. The van der Waals surface area contributed by atoms with E-state index >= 15 is 0 Å². The molecule has 0 aliphatic heterocycles. The van der Waals surface area contributed by atoms with Gasteiger partial charge in [0.25, 0.3) is 5.91 Å². The minimum Gasteiger partial charge on any atom is -0.457 e. The fourth-order valence-electron chi connectivity index (χ4n) is 2.90. The molecule has 0 fully saturated rings. The number of carbonyl (C=O) groups is 1. The molecule has 0 unspecified atom stereocenters. The smallest absolute Gasteiger partial charge is 0.256 e. The number of benzene rings is 4. The highest BCUT2D eigenvalue weighted by Crippen LogP contribution is 2.23. The van der Waals surface area contributed by atoms with Crippen LogP contribution in [0.1, 0.15) is 15.9 Å². The third kappa shape index (κ3) is 5.00. The summed E-state index contributed by atoms with van der Waals surface area (Å²) in [5.41, 5.74) is 2.06. The molecule has 30 heavy (non-hydrogen) atoms. The van der Waals surface area contributed by atoms with Gasteiger partial charge in [-0.3, -0.25) is 4.79 Å².